The molecule has 112 valence electrons. The Morgan fingerprint density at radius 1 is 1.23 bits per heavy atom. The largest absolute Gasteiger partial charge is 0.481 e. The van der Waals surface area contributed by atoms with Crippen LogP contribution in [0.5, 0.6) is 11.6 Å². The molecule has 0 unspecified atom stereocenters. The number of carbonyl (C=O) groups is 2. The van der Waals surface area contributed by atoms with Crippen LogP contribution in [-0.2, 0) is 4.79 Å². The normalized spacial score (nSPS) is 12.9. The van der Waals surface area contributed by atoms with Crippen LogP contribution < -0.4 is 9.64 Å². The second-order valence-electron chi connectivity index (χ2n) is 4.88. The summed E-state index contributed by atoms with van der Waals surface area (Å²) in [5.41, 5.74) is 0.991. The number of anilines is 1. The van der Waals surface area contributed by atoms with E-state index in [0.717, 1.165) is 0 Å². The van der Waals surface area contributed by atoms with Crippen LogP contribution in [0.1, 0.15) is 23.2 Å². The van der Waals surface area contributed by atoms with Gasteiger partial charge in [0, 0.05) is 19.2 Å². The molecule has 0 aliphatic carbocycles. The van der Waals surface area contributed by atoms with E-state index in [1.54, 1.807) is 35.4 Å². The van der Waals surface area contributed by atoms with Crippen molar-refractivity contribution in [3.63, 3.8) is 0 Å². The number of rotatable bonds is 4. The summed E-state index contributed by atoms with van der Waals surface area (Å²) >= 11 is 0. The first-order chi connectivity index (χ1) is 10.7. The molecule has 2 aromatic rings. The average molecular weight is 298 g/mol. The first kappa shape index (κ1) is 14.1. The number of nitrogens with zero attached hydrogens (tertiary/aromatic N) is 2. The number of carboxylic acids is 1. The van der Waals surface area contributed by atoms with E-state index >= 15 is 0 Å². The Bertz CT molecular complexity index is 730. The predicted molar refractivity (Wildman–Crippen MR) is 79.3 cm³/mol. The molecule has 3 rings (SSSR count). The topological polar surface area (TPSA) is 79.7 Å². The lowest BCUT2D eigenvalue weighted by atomic mass is 10.2. The van der Waals surface area contributed by atoms with Gasteiger partial charge < -0.3 is 14.7 Å². The number of benzene rings is 1. The van der Waals surface area contributed by atoms with Crippen molar-refractivity contribution in [1.82, 2.24) is 4.98 Å². The van der Waals surface area contributed by atoms with Gasteiger partial charge in [-0.2, -0.15) is 0 Å². The first-order valence-electron chi connectivity index (χ1n) is 6.92. The van der Waals surface area contributed by atoms with Gasteiger partial charge in [-0.1, -0.05) is 12.1 Å². The molecule has 6 nitrogen and oxygen atoms in total. The molecule has 0 fully saturated rings. The maximum Gasteiger partial charge on any atom is 0.303 e. The zero-order valence-electron chi connectivity index (χ0n) is 11.7. The number of carboxylic acid groups (broad SMARTS) is 1. The molecule has 0 radical (unpaired) electrons. The van der Waals surface area contributed by atoms with E-state index in [-0.39, 0.29) is 18.2 Å². The van der Waals surface area contributed by atoms with Gasteiger partial charge in [-0.3, -0.25) is 9.59 Å². The Hall–Kier alpha value is -2.89. The second kappa shape index (κ2) is 5.85. The summed E-state index contributed by atoms with van der Waals surface area (Å²) in [5, 5.41) is 8.78. The van der Waals surface area contributed by atoms with E-state index in [9.17, 15) is 9.59 Å². The molecule has 6 heteroatoms. The van der Waals surface area contributed by atoms with Gasteiger partial charge in [-0.15, -0.1) is 0 Å². The van der Waals surface area contributed by atoms with Crippen LogP contribution in [0.25, 0.3) is 0 Å². The average Bonchev–Trinajstić information content (AvgIpc) is 2.63. The number of pyridine rings is 1. The molecule has 1 aliphatic heterocycles. The summed E-state index contributed by atoms with van der Waals surface area (Å²) in [7, 11) is 0. The summed E-state index contributed by atoms with van der Waals surface area (Å²) in [6.07, 6.45) is 1.94. The summed E-state index contributed by atoms with van der Waals surface area (Å²) in [6.45, 7) is 0.305. The second-order valence-corrected chi connectivity index (χ2v) is 4.88. The number of amides is 1. The highest BCUT2D eigenvalue weighted by molar-refractivity contribution is 6.09. The fraction of sp³-hybridized carbons (Fsp3) is 0.188. The van der Waals surface area contributed by atoms with Crippen molar-refractivity contribution in [3.8, 4) is 11.6 Å². The minimum Gasteiger partial charge on any atom is -0.481 e. The standard InChI is InChI=1S/C16H14N2O4/c19-14(20)8-4-10-18-12-6-1-2-7-13(12)22-15-11(16(18)21)5-3-9-17-15/h1-3,5-7,9H,4,8,10H2,(H,19,20). The monoisotopic (exact) mass is 298 g/mol. The van der Waals surface area contributed by atoms with E-state index in [1.807, 2.05) is 12.1 Å². The molecule has 0 atom stereocenters. The quantitative estimate of drug-likeness (QED) is 0.938. The van der Waals surface area contributed by atoms with Crippen molar-refractivity contribution in [3.05, 3.63) is 48.2 Å². The highest BCUT2D eigenvalue weighted by atomic mass is 16.5. The molecular weight excluding hydrogens is 284 g/mol. The first-order valence-corrected chi connectivity index (χ1v) is 6.92. The molecule has 1 N–H and O–H groups in total. The van der Waals surface area contributed by atoms with Crippen molar-refractivity contribution in [2.75, 3.05) is 11.4 Å². The minimum absolute atomic E-state index is 0.00665. The Balaban J connectivity index is 1.99. The highest BCUT2D eigenvalue weighted by Gasteiger charge is 2.28. The number of para-hydroxylation sites is 2. The van der Waals surface area contributed by atoms with Gasteiger partial charge in [0.25, 0.3) is 5.91 Å². The fourth-order valence-corrected chi connectivity index (χ4v) is 2.37. The fourth-order valence-electron chi connectivity index (χ4n) is 2.37. The molecule has 1 aliphatic rings. The summed E-state index contributed by atoms with van der Waals surface area (Å²) < 4.78 is 5.74. The number of ether oxygens (including phenoxy) is 1. The van der Waals surface area contributed by atoms with Crippen LogP contribution in [0.15, 0.2) is 42.6 Å². The third-order valence-corrected chi connectivity index (χ3v) is 3.38. The van der Waals surface area contributed by atoms with Crippen molar-refractivity contribution in [2.45, 2.75) is 12.8 Å². The summed E-state index contributed by atoms with van der Waals surface area (Å²) in [6, 6.07) is 10.5. The summed E-state index contributed by atoms with van der Waals surface area (Å²) in [4.78, 5) is 29.1. The van der Waals surface area contributed by atoms with Crippen molar-refractivity contribution in [1.29, 1.82) is 0 Å². The maximum atomic E-state index is 12.7. The molecule has 0 bridgehead atoms. The van der Waals surface area contributed by atoms with Crippen LogP contribution in [0.2, 0.25) is 0 Å². The van der Waals surface area contributed by atoms with Crippen LogP contribution in [0.3, 0.4) is 0 Å². The molecule has 0 saturated heterocycles. The van der Waals surface area contributed by atoms with Gasteiger partial charge in [-0.05, 0) is 30.7 Å². The van der Waals surface area contributed by atoms with Crippen LogP contribution in [0, 0.1) is 0 Å². The van der Waals surface area contributed by atoms with Gasteiger partial charge in [0.15, 0.2) is 5.75 Å². The lowest BCUT2D eigenvalue weighted by Gasteiger charge is -2.21. The highest BCUT2D eigenvalue weighted by Crippen LogP contribution is 2.37. The molecule has 1 amide bonds. The molecule has 2 heterocycles. The lowest BCUT2D eigenvalue weighted by Crippen LogP contribution is -2.31. The van der Waals surface area contributed by atoms with E-state index in [2.05, 4.69) is 4.98 Å². The van der Waals surface area contributed by atoms with Gasteiger partial charge in [0.1, 0.15) is 5.56 Å². The zero-order chi connectivity index (χ0) is 15.5. The Labute approximate surface area is 127 Å². The van der Waals surface area contributed by atoms with E-state index in [0.29, 0.717) is 30.0 Å². The minimum atomic E-state index is -0.881. The Kier molecular flexibility index (Phi) is 3.74. The SMILES string of the molecule is O=C(O)CCCN1C(=O)c2cccnc2Oc2ccccc21. The van der Waals surface area contributed by atoms with Crippen molar-refractivity contribution < 1.29 is 19.4 Å². The van der Waals surface area contributed by atoms with Gasteiger partial charge in [-0.25, -0.2) is 4.98 Å². The van der Waals surface area contributed by atoms with Crippen LogP contribution in [-0.4, -0.2) is 28.5 Å². The Morgan fingerprint density at radius 3 is 2.86 bits per heavy atom. The molecule has 0 saturated carbocycles. The predicted octanol–water partition coefficient (Wildman–Crippen LogP) is 2.70. The molecular formula is C16H14N2O4. The van der Waals surface area contributed by atoms with Crippen molar-refractivity contribution >= 4 is 17.6 Å². The number of hydrogen-bond acceptors (Lipinski definition) is 4. The summed E-state index contributed by atoms with van der Waals surface area (Å²) in [5.74, 6) is -0.323. The van der Waals surface area contributed by atoms with Gasteiger partial charge in [0.2, 0.25) is 5.88 Å². The van der Waals surface area contributed by atoms with Gasteiger partial charge in [0.05, 0.1) is 5.69 Å². The van der Waals surface area contributed by atoms with Crippen LogP contribution >= 0.6 is 0 Å². The third kappa shape index (κ3) is 2.63. The number of aliphatic carboxylic acids is 1. The third-order valence-electron chi connectivity index (χ3n) is 3.38. The molecule has 0 spiro atoms. The Morgan fingerprint density at radius 2 is 2.05 bits per heavy atom. The van der Waals surface area contributed by atoms with Crippen molar-refractivity contribution in [2.24, 2.45) is 0 Å². The number of carbonyl (C=O) groups excluding carboxylic acids is 1. The van der Waals surface area contributed by atoms with E-state index < -0.39 is 5.97 Å². The van der Waals surface area contributed by atoms with Crippen LogP contribution in [0.4, 0.5) is 5.69 Å². The smallest absolute Gasteiger partial charge is 0.303 e. The maximum absolute atomic E-state index is 12.7. The zero-order valence-corrected chi connectivity index (χ0v) is 11.7. The lowest BCUT2D eigenvalue weighted by molar-refractivity contribution is -0.137. The van der Waals surface area contributed by atoms with Gasteiger partial charge >= 0.3 is 5.97 Å². The number of fused-ring (bicyclic) bond motifs is 2. The van der Waals surface area contributed by atoms with E-state index in [1.165, 1.54) is 0 Å². The number of aromatic nitrogens is 1. The molecule has 1 aromatic heterocycles. The molecule has 22 heavy (non-hydrogen) atoms. The van der Waals surface area contributed by atoms with E-state index in [4.69, 9.17) is 9.84 Å². The molecule has 1 aromatic carbocycles. The number of hydrogen-bond donors (Lipinski definition) is 1.